The van der Waals surface area contributed by atoms with Crippen molar-refractivity contribution in [3.05, 3.63) is 88.7 Å². The van der Waals surface area contributed by atoms with E-state index in [0.717, 1.165) is 17.8 Å². The first-order valence-corrected chi connectivity index (χ1v) is 13.1. The number of carbonyl (C=O) groups is 3. The molecule has 1 atom stereocenters. The summed E-state index contributed by atoms with van der Waals surface area (Å²) in [7, 11) is 0. The van der Waals surface area contributed by atoms with Crippen molar-refractivity contribution in [2.75, 3.05) is 41.8 Å². The van der Waals surface area contributed by atoms with Crippen LogP contribution < -0.4 is 20.9 Å². The predicted octanol–water partition coefficient (Wildman–Crippen LogP) is 3.72. The second-order valence-corrected chi connectivity index (χ2v) is 9.94. The molecule has 3 heterocycles. The van der Waals surface area contributed by atoms with Crippen molar-refractivity contribution >= 4 is 46.1 Å². The average molecular weight is 543 g/mol. The molecular weight excluding hydrogens is 515 g/mol. The largest absolute Gasteiger partial charge is 0.478 e. The Morgan fingerprint density at radius 2 is 1.88 bits per heavy atom. The minimum atomic E-state index is -1.10. The molecule has 6 rings (SSSR count). The number of hydrogen-bond acceptors (Lipinski definition) is 6. The third-order valence-electron chi connectivity index (χ3n) is 7.35. The maximum atomic E-state index is 13.8. The number of nitrogens with one attached hydrogen (secondary N) is 3. The van der Waals surface area contributed by atoms with E-state index in [-0.39, 0.29) is 17.6 Å². The number of benzene rings is 3. The van der Waals surface area contributed by atoms with Gasteiger partial charge in [-0.15, -0.1) is 0 Å². The van der Waals surface area contributed by atoms with Crippen LogP contribution in [0.2, 0.25) is 0 Å². The van der Waals surface area contributed by atoms with Gasteiger partial charge in [0, 0.05) is 36.6 Å². The Morgan fingerprint density at radius 1 is 1.07 bits per heavy atom. The van der Waals surface area contributed by atoms with E-state index in [1.54, 1.807) is 23.1 Å². The number of amides is 2. The summed E-state index contributed by atoms with van der Waals surface area (Å²) < 4.78 is 19.5. The van der Waals surface area contributed by atoms with Crippen molar-refractivity contribution in [2.24, 2.45) is 0 Å². The number of hydrogen-bond donors (Lipinski definition) is 4. The minimum absolute atomic E-state index is 0.0160. The van der Waals surface area contributed by atoms with Gasteiger partial charge >= 0.3 is 5.97 Å². The molecule has 0 spiro atoms. The van der Waals surface area contributed by atoms with Crippen molar-refractivity contribution in [3.8, 4) is 0 Å². The highest BCUT2D eigenvalue weighted by Crippen LogP contribution is 2.39. The smallest absolute Gasteiger partial charge is 0.335 e. The summed E-state index contributed by atoms with van der Waals surface area (Å²) in [6, 6.07) is 15.9. The minimum Gasteiger partial charge on any atom is -0.478 e. The summed E-state index contributed by atoms with van der Waals surface area (Å²) in [6.07, 6.45) is 0.860. The molecular formula is C30H27FN4O5. The molecule has 3 aromatic carbocycles. The lowest BCUT2D eigenvalue weighted by Gasteiger charge is -2.25. The normalized spacial score (nSPS) is 19.1. The van der Waals surface area contributed by atoms with Crippen LogP contribution in [0, 0.1) is 5.82 Å². The van der Waals surface area contributed by atoms with Crippen LogP contribution in [0.5, 0.6) is 0 Å². The Kier molecular flexibility index (Phi) is 6.79. The highest BCUT2D eigenvalue weighted by atomic mass is 19.1. The number of nitrogens with zero attached hydrogens (tertiary/aromatic N) is 1. The number of carbonyl (C=O) groups excluding carboxylic acids is 2. The molecule has 0 saturated carbocycles. The van der Waals surface area contributed by atoms with E-state index in [1.807, 2.05) is 18.2 Å². The number of carboxylic acids is 1. The quantitative estimate of drug-likeness (QED) is 0.351. The highest BCUT2D eigenvalue weighted by molar-refractivity contribution is 6.37. The molecule has 1 fully saturated rings. The van der Waals surface area contributed by atoms with Gasteiger partial charge in [0.2, 0.25) is 5.91 Å². The van der Waals surface area contributed by atoms with E-state index < -0.39 is 17.7 Å². The fourth-order valence-electron chi connectivity index (χ4n) is 5.39. The molecule has 4 N–H and O–H groups in total. The number of fused-ring (bicyclic) bond motifs is 2. The van der Waals surface area contributed by atoms with Gasteiger partial charge in [-0.05, 0) is 72.1 Å². The van der Waals surface area contributed by atoms with Gasteiger partial charge in [0.1, 0.15) is 5.82 Å². The Hall–Kier alpha value is -4.54. The van der Waals surface area contributed by atoms with Crippen molar-refractivity contribution in [3.63, 3.8) is 0 Å². The molecule has 10 heteroatoms. The van der Waals surface area contributed by atoms with Crippen molar-refractivity contribution < 1.29 is 28.6 Å². The maximum absolute atomic E-state index is 13.8. The Labute approximate surface area is 229 Å². The number of halogens is 1. The zero-order valence-electron chi connectivity index (χ0n) is 21.5. The number of rotatable bonds is 6. The molecule has 3 aliphatic heterocycles. The van der Waals surface area contributed by atoms with E-state index in [2.05, 4.69) is 16.0 Å². The average Bonchev–Trinajstić information content (AvgIpc) is 3.52. The Bertz CT molecular complexity index is 1550. The Balaban J connectivity index is 1.32. The van der Waals surface area contributed by atoms with E-state index in [0.29, 0.717) is 66.3 Å². The number of anilines is 3. The SMILES string of the molecule is O=C1Nc2cc(C(=O)O)ccc2C1=C(Nc1ccc2c(c1)CCN2C(=O)CC1CNCCO1)c1ccc(F)cc1. The molecule has 3 aliphatic rings. The second-order valence-electron chi connectivity index (χ2n) is 9.94. The fourth-order valence-corrected chi connectivity index (χ4v) is 5.39. The molecule has 2 amide bonds. The van der Waals surface area contributed by atoms with Gasteiger partial charge < -0.3 is 30.7 Å². The lowest BCUT2D eigenvalue weighted by atomic mass is 9.98. The summed E-state index contributed by atoms with van der Waals surface area (Å²) in [5.41, 5.74) is 4.88. The first-order chi connectivity index (χ1) is 19.4. The zero-order valence-corrected chi connectivity index (χ0v) is 21.5. The van der Waals surface area contributed by atoms with E-state index in [1.165, 1.54) is 24.3 Å². The summed E-state index contributed by atoms with van der Waals surface area (Å²) in [6.45, 7) is 2.62. The topological polar surface area (TPSA) is 120 Å². The van der Waals surface area contributed by atoms with Gasteiger partial charge in [0.25, 0.3) is 5.91 Å². The molecule has 204 valence electrons. The second kappa shape index (κ2) is 10.6. The van der Waals surface area contributed by atoms with E-state index >= 15 is 0 Å². The van der Waals surface area contributed by atoms with E-state index in [4.69, 9.17) is 4.74 Å². The van der Waals surface area contributed by atoms with E-state index in [9.17, 15) is 23.9 Å². The summed E-state index contributed by atoms with van der Waals surface area (Å²) >= 11 is 0. The lowest BCUT2D eigenvalue weighted by Crippen LogP contribution is -2.42. The molecule has 9 nitrogen and oxygen atoms in total. The molecule has 0 radical (unpaired) electrons. The third kappa shape index (κ3) is 4.94. The zero-order chi connectivity index (χ0) is 27.8. The first kappa shape index (κ1) is 25.7. The number of aromatic carboxylic acids is 1. The molecule has 3 aromatic rings. The van der Waals surface area contributed by atoms with Gasteiger partial charge in [-0.3, -0.25) is 9.59 Å². The highest BCUT2D eigenvalue weighted by Gasteiger charge is 2.31. The van der Waals surface area contributed by atoms with Crippen LogP contribution in [-0.2, 0) is 20.7 Å². The van der Waals surface area contributed by atoms with Crippen LogP contribution in [0.4, 0.5) is 21.5 Å². The van der Waals surface area contributed by atoms with Crippen LogP contribution in [0.15, 0.2) is 60.7 Å². The summed E-state index contributed by atoms with van der Waals surface area (Å²) in [4.78, 5) is 39.4. The van der Waals surface area contributed by atoms with Gasteiger partial charge in [0.15, 0.2) is 0 Å². The van der Waals surface area contributed by atoms with Gasteiger partial charge in [-0.1, -0.05) is 6.07 Å². The van der Waals surface area contributed by atoms with Crippen LogP contribution >= 0.6 is 0 Å². The number of ether oxygens (including phenoxy) is 1. The molecule has 0 bridgehead atoms. The first-order valence-electron chi connectivity index (χ1n) is 13.1. The number of carboxylic acid groups (broad SMARTS) is 1. The molecule has 1 unspecified atom stereocenters. The molecule has 0 aliphatic carbocycles. The Morgan fingerprint density at radius 3 is 2.62 bits per heavy atom. The van der Waals surface area contributed by atoms with Gasteiger partial charge in [-0.2, -0.15) is 0 Å². The fraction of sp³-hybridized carbons (Fsp3) is 0.233. The summed E-state index contributed by atoms with van der Waals surface area (Å²) in [5, 5.41) is 18.7. The van der Waals surface area contributed by atoms with Crippen LogP contribution in [0.3, 0.4) is 0 Å². The lowest BCUT2D eigenvalue weighted by molar-refractivity contribution is -0.121. The van der Waals surface area contributed by atoms with Crippen LogP contribution in [0.1, 0.15) is 33.5 Å². The molecule has 1 saturated heterocycles. The van der Waals surface area contributed by atoms with Crippen molar-refractivity contribution in [1.29, 1.82) is 0 Å². The van der Waals surface area contributed by atoms with Crippen molar-refractivity contribution in [1.82, 2.24) is 5.32 Å². The number of morpholine rings is 1. The van der Waals surface area contributed by atoms with Gasteiger partial charge in [-0.25, -0.2) is 9.18 Å². The monoisotopic (exact) mass is 542 g/mol. The third-order valence-corrected chi connectivity index (χ3v) is 7.35. The van der Waals surface area contributed by atoms with Crippen LogP contribution in [-0.4, -0.2) is 55.2 Å². The molecule has 40 heavy (non-hydrogen) atoms. The van der Waals surface area contributed by atoms with Crippen molar-refractivity contribution in [2.45, 2.75) is 18.9 Å². The maximum Gasteiger partial charge on any atom is 0.335 e. The predicted molar refractivity (Wildman–Crippen MR) is 149 cm³/mol. The standard InChI is InChI=1S/C30H27FN4O5/c31-20-4-1-17(2-5-20)28(27-23-7-3-19(30(38)39)14-24(23)34-29(27)37)33-21-6-8-25-18(13-21)9-11-35(25)26(36)15-22-16-32-10-12-40-22/h1-8,13-14,22,32-33H,9-12,15-16H2,(H,34,37)(H,38,39). The summed E-state index contributed by atoms with van der Waals surface area (Å²) in [5.74, 6) is -1.89. The van der Waals surface area contributed by atoms with Gasteiger partial charge in [0.05, 0.1) is 41.7 Å². The molecule has 0 aromatic heterocycles. The van der Waals surface area contributed by atoms with Crippen LogP contribution in [0.25, 0.3) is 11.3 Å².